The van der Waals surface area contributed by atoms with E-state index in [4.69, 9.17) is 4.74 Å². The highest BCUT2D eigenvalue weighted by atomic mass is 16.5. The highest BCUT2D eigenvalue weighted by Gasteiger charge is 2.48. The lowest BCUT2D eigenvalue weighted by Gasteiger charge is -2.54. The molecular weight excluding hydrogens is 234 g/mol. The van der Waals surface area contributed by atoms with Crippen LogP contribution in [0, 0.1) is 29.6 Å². The Morgan fingerprint density at radius 3 is 2.11 bits per heavy atom. The van der Waals surface area contributed by atoms with Crippen molar-refractivity contribution in [1.29, 1.82) is 0 Å². The minimum atomic E-state index is 0.648. The molecule has 5 fully saturated rings. The van der Waals surface area contributed by atoms with E-state index in [9.17, 15) is 0 Å². The highest BCUT2D eigenvalue weighted by molar-refractivity contribution is 4.99. The van der Waals surface area contributed by atoms with Crippen molar-refractivity contribution in [2.75, 3.05) is 19.7 Å². The second kappa shape index (κ2) is 5.37. The third kappa shape index (κ3) is 2.58. The van der Waals surface area contributed by atoms with Gasteiger partial charge in [-0.05, 0) is 94.0 Å². The number of nitrogens with one attached hydrogen (secondary N) is 1. The third-order valence-electron chi connectivity index (χ3n) is 6.44. The van der Waals surface area contributed by atoms with E-state index in [1.807, 2.05) is 0 Å². The number of ether oxygens (including phenoxy) is 1. The molecule has 5 aliphatic rings. The van der Waals surface area contributed by atoms with Crippen LogP contribution in [0.5, 0.6) is 0 Å². The average Bonchev–Trinajstić information content (AvgIpc) is 2.42. The first-order chi connectivity index (χ1) is 9.38. The molecular formula is C17H29NO. The predicted octanol–water partition coefficient (Wildman–Crippen LogP) is 3.22. The lowest BCUT2D eigenvalue weighted by Crippen LogP contribution is -2.49. The van der Waals surface area contributed by atoms with Gasteiger partial charge in [0.25, 0.3) is 0 Å². The molecule has 1 saturated heterocycles. The predicted molar refractivity (Wildman–Crippen MR) is 77.0 cm³/mol. The molecule has 0 spiro atoms. The van der Waals surface area contributed by atoms with Crippen molar-refractivity contribution in [3.63, 3.8) is 0 Å². The van der Waals surface area contributed by atoms with Gasteiger partial charge in [-0.1, -0.05) is 0 Å². The van der Waals surface area contributed by atoms with Crippen LogP contribution in [0.2, 0.25) is 0 Å². The fourth-order valence-electron chi connectivity index (χ4n) is 5.69. The maximum absolute atomic E-state index is 6.40. The molecule has 2 nitrogen and oxygen atoms in total. The van der Waals surface area contributed by atoms with Crippen molar-refractivity contribution in [2.45, 2.75) is 57.5 Å². The van der Waals surface area contributed by atoms with E-state index in [-0.39, 0.29) is 0 Å². The van der Waals surface area contributed by atoms with Crippen LogP contribution < -0.4 is 5.32 Å². The van der Waals surface area contributed by atoms with E-state index in [1.54, 1.807) is 6.42 Å². The smallest absolute Gasteiger partial charge is 0.0631 e. The van der Waals surface area contributed by atoms with Gasteiger partial charge < -0.3 is 10.1 Å². The van der Waals surface area contributed by atoms with Gasteiger partial charge in [-0.25, -0.2) is 0 Å². The fraction of sp³-hybridized carbons (Fsp3) is 1.00. The number of hydrogen-bond acceptors (Lipinski definition) is 2. The topological polar surface area (TPSA) is 21.3 Å². The van der Waals surface area contributed by atoms with Gasteiger partial charge in [-0.2, -0.15) is 0 Å². The average molecular weight is 263 g/mol. The van der Waals surface area contributed by atoms with Crippen molar-refractivity contribution in [3.8, 4) is 0 Å². The molecule has 19 heavy (non-hydrogen) atoms. The molecule has 0 unspecified atom stereocenters. The van der Waals surface area contributed by atoms with Crippen LogP contribution in [-0.2, 0) is 4.74 Å². The van der Waals surface area contributed by atoms with Gasteiger partial charge in [0.2, 0.25) is 0 Å². The normalized spacial score (nSPS) is 45.8. The minimum absolute atomic E-state index is 0.648. The Morgan fingerprint density at radius 2 is 1.47 bits per heavy atom. The van der Waals surface area contributed by atoms with E-state index in [1.165, 1.54) is 58.0 Å². The molecule has 1 N–H and O–H groups in total. The Kier molecular flexibility index (Phi) is 3.57. The summed E-state index contributed by atoms with van der Waals surface area (Å²) in [6, 6.07) is 0. The number of rotatable bonds is 4. The summed E-state index contributed by atoms with van der Waals surface area (Å²) in [5, 5.41) is 3.46. The van der Waals surface area contributed by atoms with E-state index >= 15 is 0 Å². The van der Waals surface area contributed by atoms with Crippen LogP contribution in [0.3, 0.4) is 0 Å². The van der Waals surface area contributed by atoms with Gasteiger partial charge in [-0.3, -0.25) is 0 Å². The Morgan fingerprint density at radius 1 is 0.842 bits per heavy atom. The first-order valence-electron chi connectivity index (χ1n) is 8.71. The molecule has 0 atom stereocenters. The van der Waals surface area contributed by atoms with Crippen molar-refractivity contribution in [3.05, 3.63) is 0 Å². The lowest BCUT2D eigenvalue weighted by molar-refractivity contribution is -0.128. The Balaban J connectivity index is 1.26. The lowest BCUT2D eigenvalue weighted by atomic mass is 9.55. The monoisotopic (exact) mass is 263 g/mol. The van der Waals surface area contributed by atoms with E-state index in [0.29, 0.717) is 6.10 Å². The maximum atomic E-state index is 6.40. The number of piperidine rings is 1. The first-order valence-corrected chi connectivity index (χ1v) is 8.71. The standard InChI is InChI=1S/C17H29NO/c1-4-18-5-2-12(1)3-6-19-17-15-8-13-7-14(10-15)11-16(17)9-13/h12-18H,1-11H2. The summed E-state index contributed by atoms with van der Waals surface area (Å²) in [5.41, 5.74) is 0. The molecule has 108 valence electrons. The second-order valence-corrected chi connectivity index (χ2v) is 7.75. The first kappa shape index (κ1) is 12.6. The van der Waals surface area contributed by atoms with Crippen LogP contribution in [0.25, 0.3) is 0 Å². The summed E-state index contributed by atoms with van der Waals surface area (Å²) < 4.78 is 6.40. The molecule has 0 aromatic carbocycles. The fourth-order valence-corrected chi connectivity index (χ4v) is 5.69. The summed E-state index contributed by atoms with van der Waals surface area (Å²) in [4.78, 5) is 0. The van der Waals surface area contributed by atoms with E-state index in [0.717, 1.165) is 36.2 Å². The zero-order chi connectivity index (χ0) is 12.7. The zero-order valence-corrected chi connectivity index (χ0v) is 12.2. The van der Waals surface area contributed by atoms with Gasteiger partial charge in [0.1, 0.15) is 0 Å². The van der Waals surface area contributed by atoms with Crippen molar-refractivity contribution >= 4 is 0 Å². The van der Waals surface area contributed by atoms with Gasteiger partial charge in [0.05, 0.1) is 6.10 Å². The molecule has 1 heterocycles. The van der Waals surface area contributed by atoms with Crippen molar-refractivity contribution < 1.29 is 4.74 Å². The van der Waals surface area contributed by atoms with Crippen LogP contribution in [0.4, 0.5) is 0 Å². The molecule has 0 aromatic heterocycles. The summed E-state index contributed by atoms with van der Waals surface area (Å²) in [5.74, 6) is 4.95. The molecule has 4 bridgehead atoms. The zero-order valence-electron chi connectivity index (χ0n) is 12.2. The van der Waals surface area contributed by atoms with Gasteiger partial charge in [0.15, 0.2) is 0 Å². The van der Waals surface area contributed by atoms with Gasteiger partial charge >= 0.3 is 0 Å². The third-order valence-corrected chi connectivity index (χ3v) is 6.44. The Bertz CT molecular complexity index is 282. The molecule has 4 aliphatic carbocycles. The highest BCUT2D eigenvalue weighted by Crippen LogP contribution is 2.54. The quantitative estimate of drug-likeness (QED) is 0.841. The maximum Gasteiger partial charge on any atom is 0.0631 e. The van der Waals surface area contributed by atoms with E-state index in [2.05, 4.69) is 5.32 Å². The molecule has 1 aliphatic heterocycles. The van der Waals surface area contributed by atoms with Crippen molar-refractivity contribution in [2.24, 2.45) is 29.6 Å². The van der Waals surface area contributed by atoms with Crippen LogP contribution >= 0.6 is 0 Å². The van der Waals surface area contributed by atoms with Crippen molar-refractivity contribution in [1.82, 2.24) is 5.32 Å². The summed E-state index contributed by atoms with van der Waals surface area (Å²) in [6.07, 6.45) is 12.2. The SMILES string of the molecule is C1CC(CCOC2C3CC4CC(C3)CC2C4)CCN1. The molecule has 4 saturated carbocycles. The van der Waals surface area contributed by atoms with Gasteiger partial charge in [0, 0.05) is 6.61 Å². The van der Waals surface area contributed by atoms with Crippen LogP contribution in [0.1, 0.15) is 51.4 Å². The Hall–Kier alpha value is -0.0800. The minimum Gasteiger partial charge on any atom is -0.378 e. The number of hydrogen-bond donors (Lipinski definition) is 1. The van der Waals surface area contributed by atoms with Gasteiger partial charge in [-0.15, -0.1) is 0 Å². The molecule has 0 radical (unpaired) electrons. The largest absolute Gasteiger partial charge is 0.378 e. The summed E-state index contributed by atoms with van der Waals surface area (Å²) in [6.45, 7) is 3.49. The summed E-state index contributed by atoms with van der Waals surface area (Å²) >= 11 is 0. The van der Waals surface area contributed by atoms with Crippen LogP contribution in [-0.4, -0.2) is 25.8 Å². The Labute approximate surface area is 117 Å². The molecule has 0 aromatic rings. The molecule has 5 rings (SSSR count). The molecule has 2 heteroatoms. The molecule has 0 amide bonds. The van der Waals surface area contributed by atoms with Crippen LogP contribution in [0.15, 0.2) is 0 Å². The van der Waals surface area contributed by atoms with E-state index < -0.39 is 0 Å². The summed E-state index contributed by atoms with van der Waals surface area (Å²) in [7, 11) is 0. The second-order valence-electron chi connectivity index (χ2n) is 7.75.